The van der Waals surface area contributed by atoms with Gasteiger partial charge in [0.15, 0.2) is 6.10 Å². The average molecular weight is 430 g/mol. The van der Waals surface area contributed by atoms with Gasteiger partial charge >= 0.3 is 0 Å². The number of aliphatic hydroxyl groups is 1. The summed E-state index contributed by atoms with van der Waals surface area (Å²) in [5, 5.41) is 21.1. The summed E-state index contributed by atoms with van der Waals surface area (Å²) < 4.78 is 30.9. The number of nitrogens with one attached hydrogen (secondary N) is 1. The van der Waals surface area contributed by atoms with Crippen LogP contribution >= 0.6 is 0 Å². The van der Waals surface area contributed by atoms with Gasteiger partial charge < -0.3 is 24.4 Å². The number of nitrogens with zero attached hydrogens (tertiary/aromatic N) is 3. The number of halogens is 1. The lowest BCUT2D eigenvalue weighted by Crippen LogP contribution is -2.39. The first kappa shape index (κ1) is 21.0. The second-order valence-electron chi connectivity index (χ2n) is 7.27. The van der Waals surface area contributed by atoms with Crippen LogP contribution in [-0.4, -0.2) is 51.8 Å². The maximum atomic E-state index is 13.2. The zero-order valence-electron chi connectivity index (χ0n) is 17.0. The highest BCUT2D eigenvalue weighted by Crippen LogP contribution is 2.30. The van der Waals surface area contributed by atoms with Crippen LogP contribution in [0.15, 0.2) is 41.1 Å². The smallest absolute Gasteiger partial charge is 0.269 e. The molecule has 9 nitrogen and oxygen atoms in total. The van der Waals surface area contributed by atoms with Crippen molar-refractivity contribution in [3.63, 3.8) is 0 Å². The zero-order chi connectivity index (χ0) is 21.8. The van der Waals surface area contributed by atoms with Crippen molar-refractivity contribution >= 4 is 5.91 Å². The fraction of sp³-hybridized carbons (Fsp3) is 0.381. The molecule has 0 radical (unpaired) electrons. The number of amides is 1. The van der Waals surface area contributed by atoms with Gasteiger partial charge in [0.1, 0.15) is 23.5 Å². The molecule has 2 N–H and O–H groups in total. The Balaban J connectivity index is 1.50. The Morgan fingerprint density at radius 2 is 2.10 bits per heavy atom. The molecular formula is C21H23FN4O5. The lowest BCUT2D eigenvalue weighted by molar-refractivity contribution is 0.0692. The molecule has 4 rings (SSSR count). The molecule has 1 saturated heterocycles. The summed E-state index contributed by atoms with van der Waals surface area (Å²) in [6.45, 7) is 0.867. The van der Waals surface area contributed by atoms with Crippen LogP contribution in [0.1, 0.15) is 35.0 Å². The topological polar surface area (TPSA) is 112 Å². The molecule has 1 atom stereocenters. The molecule has 3 heterocycles. The molecule has 1 amide bonds. The summed E-state index contributed by atoms with van der Waals surface area (Å²) in [6.07, 6.45) is 2.05. The molecule has 2 aromatic heterocycles. The number of benzene rings is 1. The Kier molecular flexibility index (Phi) is 6.28. The third-order valence-electron chi connectivity index (χ3n) is 5.14. The van der Waals surface area contributed by atoms with Crippen LogP contribution in [0.4, 0.5) is 4.39 Å². The summed E-state index contributed by atoms with van der Waals surface area (Å²) in [5.41, 5.74) is 1.85. The molecule has 0 aliphatic carbocycles. The van der Waals surface area contributed by atoms with Gasteiger partial charge in [-0.05, 0) is 37.1 Å². The zero-order valence-corrected chi connectivity index (χ0v) is 17.0. The fourth-order valence-corrected chi connectivity index (χ4v) is 3.46. The van der Waals surface area contributed by atoms with Gasteiger partial charge in [-0.3, -0.25) is 9.48 Å². The van der Waals surface area contributed by atoms with E-state index in [1.807, 2.05) is 0 Å². The Morgan fingerprint density at radius 1 is 1.35 bits per heavy atom. The quantitative estimate of drug-likeness (QED) is 0.591. The van der Waals surface area contributed by atoms with E-state index in [1.165, 1.54) is 29.1 Å². The van der Waals surface area contributed by atoms with Crippen LogP contribution in [0.5, 0.6) is 5.88 Å². The molecule has 10 heteroatoms. The molecule has 1 aliphatic heterocycles. The van der Waals surface area contributed by atoms with Gasteiger partial charge in [-0.25, -0.2) is 4.39 Å². The summed E-state index contributed by atoms with van der Waals surface area (Å²) in [6, 6.07) is 7.31. The van der Waals surface area contributed by atoms with Crippen molar-refractivity contribution < 1.29 is 28.3 Å². The molecule has 31 heavy (non-hydrogen) atoms. The maximum absolute atomic E-state index is 13.2. The number of aliphatic hydroxyl groups excluding tert-OH is 1. The summed E-state index contributed by atoms with van der Waals surface area (Å²) in [4.78, 5) is 12.6. The van der Waals surface area contributed by atoms with Crippen LogP contribution in [0, 0.1) is 5.82 Å². The summed E-state index contributed by atoms with van der Waals surface area (Å²) in [7, 11) is 1.64. The van der Waals surface area contributed by atoms with E-state index in [1.54, 1.807) is 19.2 Å². The van der Waals surface area contributed by atoms with Gasteiger partial charge in [0.2, 0.25) is 5.88 Å². The minimum absolute atomic E-state index is 0.0565. The van der Waals surface area contributed by atoms with E-state index in [-0.39, 0.29) is 30.3 Å². The van der Waals surface area contributed by atoms with E-state index in [0.717, 1.165) is 12.8 Å². The van der Waals surface area contributed by atoms with E-state index >= 15 is 0 Å². The first-order valence-corrected chi connectivity index (χ1v) is 9.95. The molecule has 0 spiro atoms. The van der Waals surface area contributed by atoms with Crippen molar-refractivity contribution in [3.05, 3.63) is 53.7 Å². The number of hydrogen-bond donors (Lipinski definition) is 2. The van der Waals surface area contributed by atoms with Crippen LogP contribution in [-0.2, 0) is 11.8 Å². The third-order valence-corrected chi connectivity index (χ3v) is 5.14. The fourth-order valence-electron chi connectivity index (χ4n) is 3.46. The number of carbonyl (C=O) groups is 1. The van der Waals surface area contributed by atoms with Gasteiger partial charge in [0.05, 0.1) is 12.2 Å². The van der Waals surface area contributed by atoms with Gasteiger partial charge in [-0.15, -0.1) is 5.10 Å². The van der Waals surface area contributed by atoms with Gasteiger partial charge in [0, 0.05) is 37.9 Å². The molecule has 0 saturated carbocycles. The standard InChI is InChI=1S/C21H23FN4O5/c1-26-17(21(28)23-15-6-8-29-9-7-15)10-19(24-26)31-18(11-27)16-12-30-25-20(16)13-2-4-14(22)5-3-13/h2-5,10,12,15,18,27H,6-9,11H2,1H3,(H,23,28). The lowest BCUT2D eigenvalue weighted by atomic mass is 10.0. The minimum atomic E-state index is -0.840. The van der Waals surface area contributed by atoms with Crippen LogP contribution in [0.2, 0.25) is 0 Å². The SMILES string of the molecule is Cn1nc(OC(CO)c2conc2-c2ccc(F)cc2)cc1C(=O)NC1CCOCC1. The van der Waals surface area contributed by atoms with E-state index < -0.39 is 6.10 Å². The van der Waals surface area contributed by atoms with Gasteiger partial charge in [0.25, 0.3) is 5.91 Å². The van der Waals surface area contributed by atoms with Gasteiger partial charge in [-0.2, -0.15) is 0 Å². The normalized spacial score (nSPS) is 15.6. The Bertz CT molecular complexity index is 1030. The number of hydrogen-bond acceptors (Lipinski definition) is 7. The maximum Gasteiger partial charge on any atom is 0.269 e. The van der Waals surface area contributed by atoms with Crippen LogP contribution in [0.25, 0.3) is 11.3 Å². The van der Waals surface area contributed by atoms with E-state index in [9.17, 15) is 14.3 Å². The highest BCUT2D eigenvalue weighted by molar-refractivity contribution is 5.93. The van der Waals surface area contributed by atoms with E-state index in [2.05, 4.69) is 15.6 Å². The molecule has 0 bridgehead atoms. The molecule has 3 aromatic rings. The predicted molar refractivity (Wildman–Crippen MR) is 107 cm³/mol. The van der Waals surface area contributed by atoms with Crippen molar-refractivity contribution in [2.24, 2.45) is 7.05 Å². The Labute approximate surface area is 177 Å². The number of ether oxygens (including phenoxy) is 2. The van der Waals surface area contributed by atoms with Crippen molar-refractivity contribution in [1.82, 2.24) is 20.3 Å². The summed E-state index contributed by atoms with van der Waals surface area (Å²) >= 11 is 0. The molecule has 1 aliphatic rings. The van der Waals surface area contributed by atoms with Crippen molar-refractivity contribution in [2.45, 2.75) is 25.0 Å². The monoisotopic (exact) mass is 430 g/mol. The second-order valence-corrected chi connectivity index (χ2v) is 7.27. The van der Waals surface area contributed by atoms with Crippen molar-refractivity contribution in [1.29, 1.82) is 0 Å². The molecule has 1 unspecified atom stereocenters. The minimum Gasteiger partial charge on any atom is -0.466 e. The number of carbonyl (C=O) groups excluding carboxylic acids is 1. The van der Waals surface area contributed by atoms with E-state index in [0.29, 0.717) is 35.7 Å². The first-order chi connectivity index (χ1) is 15.0. The van der Waals surface area contributed by atoms with Crippen molar-refractivity contribution in [2.75, 3.05) is 19.8 Å². The highest BCUT2D eigenvalue weighted by atomic mass is 19.1. The number of aryl methyl sites for hydroxylation is 1. The number of rotatable bonds is 7. The first-order valence-electron chi connectivity index (χ1n) is 9.95. The highest BCUT2D eigenvalue weighted by Gasteiger charge is 2.25. The average Bonchev–Trinajstić information content (AvgIpc) is 3.40. The van der Waals surface area contributed by atoms with Crippen LogP contribution in [0.3, 0.4) is 0 Å². The van der Waals surface area contributed by atoms with Crippen LogP contribution < -0.4 is 10.1 Å². The largest absolute Gasteiger partial charge is 0.466 e. The summed E-state index contributed by atoms with van der Waals surface area (Å²) in [5.74, 6) is -0.456. The molecular weight excluding hydrogens is 407 g/mol. The lowest BCUT2D eigenvalue weighted by Gasteiger charge is -2.22. The molecule has 1 fully saturated rings. The third kappa shape index (κ3) is 4.75. The number of aromatic nitrogens is 3. The molecule has 1 aromatic carbocycles. The predicted octanol–water partition coefficient (Wildman–Crippen LogP) is 2.24. The van der Waals surface area contributed by atoms with E-state index in [4.69, 9.17) is 14.0 Å². The Hall–Kier alpha value is -3.24. The van der Waals surface area contributed by atoms with Crippen molar-refractivity contribution in [3.8, 4) is 17.1 Å². The molecule has 164 valence electrons. The Morgan fingerprint density at radius 3 is 2.81 bits per heavy atom. The van der Waals surface area contributed by atoms with Gasteiger partial charge in [-0.1, -0.05) is 5.16 Å². The second kappa shape index (κ2) is 9.27.